The quantitative estimate of drug-likeness (QED) is 0.740. The summed E-state index contributed by atoms with van der Waals surface area (Å²) in [5, 5.41) is 1.29. The first-order chi connectivity index (χ1) is 7.31. The maximum absolute atomic E-state index is 5.95. The first-order valence-corrected chi connectivity index (χ1v) is 6.37. The second-order valence-electron chi connectivity index (χ2n) is 4.15. The van der Waals surface area contributed by atoms with Crippen LogP contribution in [-0.2, 0) is 6.42 Å². The SMILES string of the molecule is CCc1c([C@@H]2C[C@H]2Br)oc2ccccc12. The molecule has 2 heteroatoms. The van der Waals surface area contributed by atoms with Gasteiger partial charge in [0.25, 0.3) is 0 Å². The van der Waals surface area contributed by atoms with Crippen LogP contribution in [0.25, 0.3) is 11.0 Å². The largest absolute Gasteiger partial charge is 0.460 e. The van der Waals surface area contributed by atoms with E-state index < -0.39 is 0 Å². The van der Waals surface area contributed by atoms with Crippen LogP contribution >= 0.6 is 15.9 Å². The number of fused-ring (bicyclic) bond motifs is 1. The molecule has 0 bridgehead atoms. The van der Waals surface area contributed by atoms with Gasteiger partial charge in [0.1, 0.15) is 11.3 Å². The van der Waals surface area contributed by atoms with E-state index in [-0.39, 0.29) is 0 Å². The molecule has 1 aliphatic rings. The van der Waals surface area contributed by atoms with E-state index >= 15 is 0 Å². The van der Waals surface area contributed by atoms with Gasteiger partial charge >= 0.3 is 0 Å². The molecule has 3 rings (SSSR count). The first kappa shape index (κ1) is 9.46. The Hall–Kier alpha value is -0.760. The lowest BCUT2D eigenvalue weighted by Gasteiger charge is -1.96. The van der Waals surface area contributed by atoms with E-state index in [4.69, 9.17) is 4.42 Å². The molecule has 78 valence electrons. The maximum Gasteiger partial charge on any atom is 0.134 e. The summed E-state index contributed by atoms with van der Waals surface area (Å²) in [5.74, 6) is 1.81. The lowest BCUT2D eigenvalue weighted by atomic mass is 10.1. The molecule has 0 amide bonds. The molecule has 1 aromatic heterocycles. The van der Waals surface area contributed by atoms with Gasteiger partial charge in [0.05, 0.1) is 0 Å². The third-order valence-electron chi connectivity index (χ3n) is 3.13. The summed E-state index contributed by atoms with van der Waals surface area (Å²) in [7, 11) is 0. The van der Waals surface area contributed by atoms with Crippen molar-refractivity contribution in [1.29, 1.82) is 0 Å². The predicted octanol–water partition coefficient (Wildman–Crippen LogP) is 4.25. The van der Waals surface area contributed by atoms with Gasteiger partial charge in [-0.1, -0.05) is 41.1 Å². The van der Waals surface area contributed by atoms with E-state index in [2.05, 4.69) is 41.1 Å². The molecular formula is C13H13BrO. The average molecular weight is 265 g/mol. The molecular weight excluding hydrogens is 252 g/mol. The van der Waals surface area contributed by atoms with Gasteiger partial charge in [-0.3, -0.25) is 0 Å². The molecule has 15 heavy (non-hydrogen) atoms. The predicted molar refractivity (Wildman–Crippen MR) is 65.7 cm³/mol. The van der Waals surface area contributed by atoms with Crippen molar-refractivity contribution in [3.8, 4) is 0 Å². The molecule has 0 N–H and O–H groups in total. The van der Waals surface area contributed by atoms with Gasteiger partial charge in [0.2, 0.25) is 0 Å². The molecule has 2 aromatic rings. The van der Waals surface area contributed by atoms with Crippen LogP contribution in [-0.4, -0.2) is 4.83 Å². The normalized spacial score (nSPS) is 24.7. The molecule has 0 saturated heterocycles. The van der Waals surface area contributed by atoms with E-state index in [0.717, 1.165) is 12.0 Å². The number of benzene rings is 1. The summed E-state index contributed by atoms with van der Waals surface area (Å²) in [6, 6.07) is 8.34. The van der Waals surface area contributed by atoms with E-state index in [1.165, 1.54) is 23.1 Å². The third-order valence-corrected chi connectivity index (χ3v) is 4.14. The van der Waals surface area contributed by atoms with Gasteiger partial charge in [0.15, 0.2) is 0 Å². The highest BCUT2D eigenvalue weighted by Gasteiger charge is 2.40. The summed E-state index contributed by atoms with van der Waals surface area (Å²) >= 11 is 3.65. The molecule has 2 atom stereocenters. The number of hydrogen-bond acceptors (Lipinski definition) is 1. The van der Waals surface area contributed by atoms with Crippen molar-refractivity contribution in [2.45, 2.75) is 30.5 Å². The second-order valence-corrected chi connectivity index (χ2v) is 5.33. The minimum Gasteiger partial charge on any atom is -0.460 e. The lowest BCUT2D eigenvalue weighted by molar-refractivity contribution is 0.547. The number of hydrogen-bond donors (Lipinski definition) is 0. The Bertz CT molecular complexity index is 500. The highest BCUT2D eigenvalue weighted by molar-refractivity contribution is 9.09. The molecule has 1 fully saturated rings. The smallest absolute Gasteiger partial charge is 0.134 e. The fourth-order valence-corrected chi connectivity index (χ4v) is 2.86. The lowest BCUT2D eigenvalue weighted by Crippen LogP contribution is -1.86. The van der Waals surface area contributed by atoms with Crippen molar-refractivity contribution < 1.29 is 4.42 Å². The standard InChI is InChI=1S/C13H13BrO/c1-2-8-9-5-3-4-6-12(9)15-13(8)10-7-11(10)14/h3-6,10-11H,2,7H2,1H3/t10-,11-/m1/s1. The molecule has 0 spiro atoms. The highest BCUT2D eigenvalue weighted by Crippen LogP contribution is 2.49. The maximum atomic E-state index is 5.95. The number of alkyl halides is 1. The number of para-hydroxylation sites is 1. The van der Waals surface area contributed by atoms with Crippen LogP contribution < -0.4 is 0 Å². The Balaban J connectivity index is 2.20. The van der Waals surface area contributed by atoms with Crippen LogP contribution in [0.15, 0.2) is 28.7 Å². The van der Waals surface area contributed by atoms with Gasteiger partial charge in [0, 0.05) is 21.7 Å². The minimum atomic E-state index is 0.604. The monoisotopic (exact) mass is 264 g/mol. The van der Waals surface area contributed by atoms with Crippen molar-refractivity contribution in [3.63, 3.8) is 0 Å². The summed E-state index contributed by atoms with van der Waals surface area (Å²) in [5.41, 5.74) is 2.44. The second kappa shape index (κ2) is 3.38. The van der Waals surface area contributed by atoms with Crippen LogP contribution in [0, 0.1) is 0 Å². The molecule has 0 radical (unpaired) electrons. The van der Waals surface area contributed by atoms with Crippen LogP contribution in [0.3, 0.4) is 0 Å². The van der Waals surface area contributed by atoms with Crippen LogP contribution in [0.5, 0.6) is 0 Å². The van der Waals surface area contributed by atoms with Gasteiger partial charge < -0.3 is 4.42 Å². The van der Waals surface area contributed by atoms with E-state index in [9.17, 15) is 0 Å². The van der Waals surface area contributed by atoms with Gasteiger partial charge in [-0.25, -0.2) is 0 Å². The Labute approximate surface area is 97.6 Å². The van der Waals surface area contributed by atoms with Crippen molar-refractivity contribution >= 4 is 26.9 Å². The summed E-state index contributed by atoms with van der Waals surface area (Å²) in [4.78, 5) is 0.628. The molecule has 0 unspecified atom stereocenters. The van der Waals surface area contributed by atoms with Gasteiger partial charge in [-0.2, -0.15) is 0 Å². The first-order valence-electron chi connectivity index (χ1n) is 5.45. The Morgan fingerprint density at radius 3 is 2.80 bits per heavy atom. The molecule has 0 aliphatic heterocycles. The van der Waals surface area contributed by atoms with Crippen molar-refractivity contribution in [2.24, 2.45) is 0 Å². The fraction of sp³-hybridized carbons (Fsp3) is 0.385. The summed E-state index contributed by atoms with van der Waals surface area (Å²) < 4.78 is 5.95. The van der Waals surface area contributed by atoms with E-state index in [1.54, 1.807) is 0 Å². The molecule has 1 aromatic carbocycles. The molecule has 1 nitrogen and oxygen atoms in total. The molecule has 1 saturated carbocycles. The van der Waals surface area contributed by atoms with Crippen molar-refractivity contribution in [1.82, 2.24) is 0 Å². The zero-order valence-corrected chi connectivity index (χ0v) is 10.3. The topological polar surface area (TPSA) is 13.1 Å². The van der Waals surface area contributed by atoms with Crippen molar-refractivity contribution in [3.05, 3.63) is 35.6 Å². The van der Waals surface area contributed by atoms with Crippen LogP contribution in [0.2, 0.25) is 0 Å². The number of aryl methyl sites for hydroxylation is 1. The zero-order chi connectivity index (χ0) is 10.4. The van der Waals surface area contributed by atoms with E-state index in [0.29, 0.717) is 10.7 Å². The minimum absolute atomic E-state index is 0.604. The Morgan fingerprint density at radius 1 is 1.40 bits per heavy atom. The summed E-state index contributed by atoms with van der Waals surface area (Å²) in [6.45, 7) is 2.20. The van der Waals surface area contributed by atoms with Crippen LogP contribution in [0.4, 0.5) is 0 Å². The Kier molecular flexibility index (Phi) is 2.13. The van der Waals surface area contributed by atoms with Gasteiger partial charge in [-0.15, -0.1) is 0 Å². The third kappa shape index (κ3) is 1.43. The molecule has 1 aliphatic carbocycles. The number of halogens is 1. The zero-order valence-electron chi connectivity index (χ0n) is 8.66. The summed E-state index contributed by atoms with van der Waals surface area (Å²) in [6.07, 6.45) is 2.27. The highest BCUT2D eigenvalue weighted by atomic mass is 79.9. The Morgan fingerprint density at radius 2 is 2.13 bits per heavy atom. The number of rotatable bonds is 2. The van der Waals surface area contributed by atoms with Crippen LogP contribution in [0.1, 0.15) is 30.6 Å². The van der Waals surface area contributed by atoms with Gasteiger partial charge in [-0.05, 0) is 18.9 Å². The van der Waals surface area contributed by atoms with Crippen molar-refractivity contribution in [2.75, 3.05) is 0 Å². The average Bonchev–Trinajstić information content (AvgIpc) is 2.87. The number of furan rings is 1. The van der Waals surface area contributed by atoms with E-state index in [1.807, 2.05) is 6.07 Å². The molecule has 1 heterocycles. The fourth-order valence-electron chi connectivity index (χ4n) is 2.22.